The highest BCUT2D eigenvalue weighted by Crippen LogP contribution is 2.32. The van der Waals surface area contributed by atoms with Gasteiger partial charge in [0.1, 0.15) is 11.6 Å². The Kier molecular flexibility index (Phi) is 5.62. The van der Waals surface area contributed by atoms with Crippen LogP contribution in [0.15, 0.2) is 46.2 Å². The van der Waals surface area contributed by atoms with Gasteiger partial charge in [0.25, 0.3) is 0 Å². The minimum atomic E-state index is -0.456. The molecular formula is C16H16ClF2NS. The van der Waals surface area contributed by atoms with E-state index in [9.17, 15) is 8.78 Å². The summed E-state index contributed by atoms with van der Waals surface area (Å²) < 4.78 is 26.8. The molecule has 0 saturated carbocycles. The van der Waals surface area contributed by atoms with Gasteiger partial charge in [0.15, 0.2) is 0 Å². The molecule has 1 N–H and O–H groups in total. The Hall–Kier alpha value is -1.10. The molecule has 0 unspecified atom stereocenters. The maximum atomic E-state index is 13.6. The van der Waals surface area contributed by atoms with Crippen LogP contribution < -0.4 is 5.32 Å². The summed E-state index contributed by atoms with van der Waals surface area (Å²) in [5.74, 6) is -0.897. The summed E-state index contributed by atoms with van der Waals surface area (Å²) in [4.78, 5) is 1.02. The third-order valence-electron chi connectivity index (χ3n) is 2.85. The van der Waals surface area contributed by atoms with Crippen LogP contribution >= 0.6 is 23.4 Å². The topological polar surface area (TPSA) is 12.0 Å². The van der Waals surface area contributed by atoms with Crippen molar-refractivity contribution in [3.05, 3.63) is 58.6 Å². The number of hydrogen-bond acceptors (Lipinski definition) is 2. The minimum Gasteiger partial charge on any atom is -0.310 e. The summed E-state index contributed by atoms with van der Waals surface area (Å²) in [5.41, 5.74) is 0.981. The average molecular weight is 328 g/mol. The normalized spacial score (nSPS) is 11.1. The molecule has 0 aliphatic carbocycles. The van der Waals surface area contributed by atoms with Crippen LogP contribution in [0.2, 0.25) is 5.02 Å². The van der Waals surface area contributed by atoms with Crippen LogP contribution in [0, 0.1) is 11.6 Å². The first-order chi connectivity index (χ1) is 9.95. The Bertz CT molecular complexity index is 632. The van der Waals surface area contributed by atoms with E-state index in [1.54, 1.807) is 6.07 Å². The van der Waals surface area contributed by atoms with E-state index in [2.05, 4.69) is 19.2 Å². The van der Waals surface area contributed by atoms with E-state index in [0.29, 0.717) is 17.6 Å². The highest BCUT2D eigenvalue weighted by molar-refractivity contribution is 7.99. The molecule has 0 radical (unpaired) electrons. The van der Waals surface area contributed by atoms with Gasteiger partial charge in [-0.3, -0.25) is 0 Å². The predicted molar refractivity (Wildman–Crippen MR) is 83.9 cm³/mol. The first-order valence-electron chi connectivity index (χ1n) is 6.60. The zero-order chi connectivity index (χ0) is 15.4. The van der Waals surface area contributed by atoms with E-state index >= 15 is 0 Å². The molecule has 2 rings (SSSR count). The van der Waals surface area contributed by atoms with Crippen LogP contribution in [-0.4, -0.2) is 6.04 Å². The molecule has 112 valence electrons. The van der Waals surface area contributed by atoms with Crippen LogP contribution in [-0.2, 0) is 6.54 Å². The molecule has 0 bridgehead atoms. The summed E-state index contributed by atoms with van der Waals surface area (Å²) in [6.45, 7) is 4.80. The summed E-state index contributed by atoms with van der Waals surface area (Å²) in [5, 5.41) is 3.90. The number of halogens is 3. The molecule has 0 spiro atoms. The maximum Gasteiger partial charge on any atom is 0.137 e. The fourth-order valence-electron chi connectivity index (χ4n) is 1.73. The summed E-state index contributed by atoms with van der Waals surface area (Å²) in [7, 11) is 0. The lowest BCUT2D eigenvalue weighted by Gasteiger charge is -2.11. The van der Waals surface area contributed by atoms with Crippen LogP contribution in [0.3, 0.4) is 0 Å². The van der Waals surface area contributed by atoms with Crippen molar-refractivity contribution >= 4 is 23.4 Å². The Morgan fingerprint density at radius 2 is 1.90 bits per heavy atom. The Labute approximate surface area is 132 Å². The molecule has 0 fully saturated rings. The minimum absolute atomic E-state index is 0.249. The van der Waals surface area contributed by atoms with E-state index in [-0.39, 0.29) is 4.90 Å². The predicted octanol–water partition coefficient (Wildman–Crippen LogP) is 5.27. The number of rotatable bonds is 5. The van der Waals surface area contributed by atoms with Gasteiger partial charge in [0, 0.05) is 22.5 Å². The maximum absolute atomic E-state index is 13.6. The fraction of sp³-hybridized carbons (Fsp3) is 0.250. The van der Waals surface area contributed by atoms with Crippen molar-refractivity contribution in [3.63, 3.8) is 0 Å². The number of benzene rings is 2. The molecule has 21 heavy (non-hydrogen) atoms. The molecule has 2 aromatic carbocycles. The smallest absolute Gasteiger partial charge is 0.137 e. The first kappa shape index (κ1) is 16.3. The van der Waals surface area contributed by atoms with Crippen molar-refractivity contribution in [1.82, 2.24) is 5.32 Å². The molecular weight excluding hydrogens is 312 g/mol. The third-order valence-corrected chi connectivity index (χ3v) is 4.22. The van der Waals surface area contributed by atoms with Gasteiger partial charge in [-0.25, -0.2) is 8.78 Å². The molecule has 2 aromatic rings. The highest BCUT2D eigenvalue weighted by Gasteiger charge is 2.08. The van der Waals surface area contributed by atoms with E-state index < -0.39 is 11.6 Å². The number of hydrogen-bond donors (Lipinski definition) is 1. The Balaban J connectivity index is 2.14. The van der Waals surface area contributed by atoms with Crippen molar-refractivity contribution in [2.24, 2.45) is 0 Å². The zero-order valence-electron chi connectivity index (χ0n) is 11.8. The molecule has 0 amide bonds. The van der Waals surface area contributed by atoms with Gasteiger partial charge >= 0.3 is 0 Å². The van der Waals surface area contributed by atoms with Gasteiger partial charge < -0.3 is 5.32 Å². The van der Waals surface area contributed by atoms with E-state index in [0.717, 1.165) is 34.4 Å². The molecule has 0 aromatic heterocycles. The lowest BCUT2D eigenvalue weighted by Crippen LogP contribution is -2.21. The fourth-order valence-corrected chi connectivity index (χ4v) is 2.95. The van der Waals surface area contributed by atoms with Crippen molar-refractivity contribution in [3.8, 4) is 0 Å². The quantitative estimate of drug-likeness (QED) is 0.803. The molecule has 0 atom stereocenters. The SMILES string of the molecule is CC(C)NCc1ccc(Sc2cc(F)ccc2F)cc1Cl. The lowest BCUT2D eigenvalue weighted by molar-refractivity contribution is 0.577. The molecule has 0 saturated heterocycles. The third kappa shape index (κ3) is 4.70. The number of nitrogens with one attached hydrogen (secondary N) is 1. The van der Waals surface area contributed by atoms with E-state index in [1.165, 1.54) is 6.07 Å². The second-order valence-corrected chi connectivity index (χ2v) is 6.49. The van der Waals surface area contributed by atoms with Crippen LogP contribution in [0.1, 0.15) is 19.4 Å². The standard InChI is InChI=1S/C16H16ClF2NS/c1-10(2)20-9-11-3-5-13(8-14(11)17)21-16-7-12(18)4-6-15(16)19/h3-8,10,20H,9H2,1-2H3. The lowest BCUT2D eigenvalue weighted by atomic mass is 10.2. The summed E-state index contributed by atoms with van der Waals surface area (Å²) in [6, 6.07) is 9.31. The monoisotopic (exact) mass is 327 g/mol. The van der Waals surface area contributed by atoms with Gasteiger partial charge in [-0.05, 0) is 35.9 Å². The van der Waals surface area contributed by atoms with Crippen molar-refractivity contribution in [2.75, 3.05) is 0 Å². The van der Waals surface area contributed by atoms with Gasteiger partial charge in [-0.2, -0.15) is 0 Å². The molecule has 0 aliphatic rings. The van der Waals surface area contributed by atoms with Gasteiger partial charge in [0.05, 0.1) is 4.90 Å². The van der Waals surface area contributed by atoms with Gasteiger partial charge in [-0.1, -0.05) is 43.3 Å². The average Bonchev–Trinajstić information content (AvgIpc) is 2.42. The van der Waals surface area contributed by atoms with Crippen LogP contribution in [0.25, 0.3) is 0 Å². The van der Waals surface area contributed by atoms with E-state index in [1.807, 2.05) is 12.1 Å². The molecule has 5 heteroatoms. The summed E-state index contributed by atoms with van der Waals surface area (Å²) in [6.07, 6.45) is 0. The first-order valence-corrected chi connectivity index (χ1v) is 7.80. The van der Waals surface area contributed by atoms with Crippen molar-refractivity contribution in [2.45, 2.75) is 36.2 Å². The zero-order valence-corrected chi connectivity index (χ0v) is 13.4. The van der Waals surface area contributed by atoms with Crippen molar-refractivity contribution in [1.29, 1.82) is 0 Å². The Morgan fingerprint density at radius 1 is 1.14 bits per heavy atom. The van der Waals surface area contributed by atoms with Crippen molar-refractivity contribution < 1.29 is 8.78 Å². The highest BCUT2D eigenvalue weighted by atomic mass is 35.5. The Morgan fingerprint density at radius 3 is 2.57 bits per heavy atom. The van der Waals surface area contributed by atoms with E-state index in [4.69, 9.17) is 11.6 Å². The summed E-state index contributed by atoms with van der Waals surface area (Å²) >= 11 is 7.38. The second kappa shape index (κ2) is 7.25. The molecule has 1 nitrogen and oxygen atoms in total. The van der Waals surface area contributed by atoms with Crippen LogP contribution in [0.5, 0.6) is 0 Å². The molecule has 0 heterocycles. The van der Waals surface area contributed by atoms with Gasteiger partial charge in [-0.15, -0.1) is 0 Å². The van der Waals surface area contributed by atoms with Crippen LogP contribution in [0.4, 0.5) is 8.78 Å². The molecule has 0 aliphatic heterocycles. The van der Waals surface area contributed by atoms with Gasteiger partial charge in [0.2, 0.25) is 0 Å². The second-order valence-electron chi connectivity index (χ2n) is 4.97. The largest absolute Gasteiger partial charge is 0.310 e.